The third kappa shape index (κ3) is 5.79. The highest BCUT2D eigenvalue weighted by Crippen LogP contribution is 2.47. The third-order valence-corrected chi connectivity index (χ3v) is 10.7. The average Bonchev–Trinajstić information content (AvgIpc) is 3.56. The Balaban J connectivity index is 1.39. The van der Waals surface area contributed by atoms with E-state index in [1.165, 1.54) is 37.7 Å². The molecule has 0 atom stereocenters. The van der Waals surface area contributed by atoms with Crippen LogP contribution in [0.4, 0.5) is 5.69 Å². The summed E-state index contributed by atoms with van der Waals surface area (Å²) in [5.41, 5.74) is 1.12. The van der Waals surface area contributed by atoms with Crippen molar-refractivity contribution in [1.29, 1.82) is 0 Å². The number of anilines is 1. The first-order valence-electron chi connectivity index (χ1n) is 14.3. The molecule has 0 bridgehead atoms. The lowest BCUT2D eigenvalue weighted by molar-refractivity contribution is -0.178. The number of thiophene rings is 1. The van der Waals surface area contributed by atoms with Gasteiger partial charge in [-0.15, -0.1) is 11.3 Å². The van der Waals surface area contributed by atoms with E-state index in [1.807, 2.05) is 7.11 Å². The molecule has 0 radical (unpaired) electrons. The summed E-state index contributed by atoms with van der Waals surface area (Å²) < 4.78 is 22.9. The van der Waals surface area contributed by atoms with Crippen molar-refractivity contribution < 1.29 is 23.7 Å². The molecule has 0 amide bonds. The summed E-state index contributed by atoms with van der Waals surface area (Å²) in [6.45, 7) is 4.85. The maximum Gasteiger partial charge on any atom is 0.350 e. The number of hydrogen-bond acceptors (Lipinski definition) is 7. The lowest BCUT2D eigenvalue weighted by Crippen LogP contribution is -2.43. The van der Waals surface area contributed by atoms with Gasteiger partial charge in [-0.3, -0.25) is 0 Å². The van der Waals surface area contributed by atoms with E-state index in [4.69, 9.17) is 18.9 Å². The molecule has 0 N–H and O–H groups in total. The van der Waals surface area contributed by atoms with Crippen molar-refractivity contribution in [1.82, 2.24) is 0 Å². The molecule has 202 valence electrons. The summed E-state index contributed by atoms with van der Waals surface area (Å²) in [7, 11) is 3.35. The minimum absolute atomic E-state index is 0.191. The van der Waals surface area contributed by atoms with Crippen LogP contribution in [-0.4, -0.2) is 57.9 Å². The fourth-order valence-corrected chi connectivity index (χ4v) is 8.26. The summed E-state index contributed by atoms with van der Waals surface area (Å²) in [6, 6.07) is 2.81. The summed E-state index contributed by atoms with van der Waals surface area (Å²) in [6.07, 6.45) is 14.0. The summed E-state index contributed by atoms with van der Waals surface area (Å²) in [4.78, 5) is 17.8. The van der Waals surface area contributed by atoms with Crippen molar-refractivity contribution in [3.8, 4) is 0 Å². The van der Waals surface area contributed by atoms with E-state index in [-0.39, 0.29) is 11.8 Å². The van der Waals surface area contributed by atoms with Crippen LogP contribution in [0.5, 0.6) is 0 Å². The van der Waals surface area contributed by atoms with Crippen molar-refractivity contribution >= 4 is 23.0 Å². The average molecular weight is 520 g/mol. The number of methoxy groups -OCH3 is 2. The Morgan fingerprint density at radius 1 is 1.00 bits per heavy atom. The molecular weight excluding hydrogens is 474 g/mol. The van der Waals surface area contributed by atoms with Crippen LogP contribution in [0.25, 0.3) is 0 Å². The van der Waals surface area contributed by atoms with Crippen LogP contribution in [0.15, 0.2) is 6.07 Å². The van der Waals surface area contributed by atoms with E-state index in [9.17, 15) is 4.79 Å². The maximum absolute atomic E-state index is 13.1. The summed E-state index contributed by atoms with van der Waals surface area (Å²) >= 11 is 1.67. The molecular formula is C29H45NO5S. The second-order valence-corrected chi connectivity index (χ2v) is 12.8. The molecule has 1 aliphatic heterocycles. The molecule has 5 rings (SSSR count). The smallest absolute Gasteiger partial charge is 0.350 e. The Bertz CT molecular complexity index is 855. The molecule has 36 heavy (non-hydrogen) atoms. The highest BCUT2D eigenvalue weighted by molar-refractivity contribution is 7.14. The third-order valence-electron chi connectivity index (χ3n) is 9.38. The monoisotopic (exact) mass is 519 g/mol. The van der Waals surface area contributed by atoms with Crippen LogP contribution in [0.1, 0.15) is 104 Å². The van der Waals surface area contributed by atoms with Gasteiger partial charge in [0.1, 0.15) is 4.88 Å². The maximum atomic E-state index is 13.1. The minimum Gasteiger partial charge on any atom is -0.465 e. The zero-order valence-corrected chi connectivity index (χ0v) is 23.3. The van der Waals surface area contributed by atoms with Crippen LogP contribution in [0, 0.1) is 11.8 Å². The van der Waals surface area contributed by atoms with Crippen LogP contribution in [0.2, 0.25) is 0 Å². The number of esters is 1. The highest BCUT2D eigenvalue weighted by Gasteiger charge is 2.41. The highest BCUT2D eigenvalue weighted by atomic mass is 32.1. The molecule has 2 heterocycles. The molecule has 1 aromatic heterocycles. The Morgan fingerprint density at radius 2 is 1.67 bits per heavy atom. The van der Waals surface area contributed by atoms with Gasteiger partial charge < -0.3 is 23.8 Å². The van der Waals surface area contributed by atoms with Crippen LogP contribution in [-0.2, 0) is 18.9 Å². The van der Waals surface area contributed by atoms with Crippen molar-refractivity contribution in [2.24, 2.45) is 11.8 Å². The number of ether oxygens (including phenoxy) is 4. The Morgan fingerprint density at radius 3 is 2.28 bits per heavy atom. The fourth-order valence-electron chi connectivity index (χ4n) is 7.01. The Labute approximate surface area is 221 Å². The fraction of sp³-hybridized carbons (Fsp3) is 0.828. The molecule has 1 aromatic rings. The number of nitrogens with zero attached hydrogens (tertiary/aromatic N) is 1. The van der Waals surface area contributed by atoms with Crippen LogP contribution < -0.4 is 4.90 Å². The molecule has 4 fully saturated rings. The van der Waals surface area contributed by atoms with E-state index >= 15 is 0 Å². The largest absolute Gasteiger partial charge is 0.465 e. The topological polar surface area (TPSA) is 57.2 Å². The normalized spacial score (nSPS) is 31.0. The van der Waals surface area contributed by atoms with Gasteiger partial charge in [-0.2, -0.15) is 0 Å². The van der Waals surface area contributed by atoms with E-state index in [1.54, 1.807) is 11.3 Å². The van der Waals surface area contributed by atoms with Gasteiger partial charge in [0.15, 0.2) is 5.79 Å². The van der Waals surface area contributed by atoms with E-state index in [2.05, 4.69) is 17.9 Å². The first kappa shape index (κ1) is 26.5. The second-order valence-electron chi connectivity index (χ2n) is 11.7. The Hall–Kier alpha value is -1.15. The van der Waals surface area contributed by atoms with Crippen molar-refractivity contribution in [2.75, 3.05) is 38.9 Å². The molecule has 6 nitrogen and oxygen atoms in total. The summed E-state index contributed by atoms with van der Waals surface area (Å²) in [5.74, 6) is 1.44. The van der Waals surface area contributed by atoms with Crippen molar-refractivity contribution in [2.45, 2.75) is 108 Å². The van der Waals surface area contributed by atoms with Gasteiger partial charge in [-0.05, 0) is 75.2 Å². The van der Waals surface area contributed by atoms with Crippen LogP contribution >= 0.6 is 11.3 Å². The second kappa shape index (κ2) is 11.7. The first-order valence-corrected chi connectivity index (χ1v) is 15.1. The van der Waals surface area contributed by atoms with Gasteiger partial charge in [-0.25, -0.2) is 4.79 Å². The zero-order chi connectivity index (χ0) is 25.1. The van der Waals surface area contributed by atoms with Gasteiger partial charge in [0, 0.05) is 37.4 Å². The molecule has 1 spiro atoms. The van der Waals surface area contributed by atoms with E-state index < -0.39 is 0 Å². The zero-order valence-electron chi connectivity index (χ0n) is 22.5. The first-order chi connectivity index (χ1) is 17.5. The molecule has 1 saturated heterocycles. The quantitative estimate of drug-likeness (QED) is 0.382. The standard InChI is InChI=1S/C29H45NO5S/c1-20-4-6-21(7-5-20)19-30(23-8-10-24(32-2)11-9-23)25-18-26(36-27(25)28(31)33-3)22-12-14-29(15-13-22)34-16-17-35-29/h18,20-24H,4-17,19H2,1-3H3. The molecule has 7 heteroatoms. The number of carbonyl (C=O) groups is 1. The molecule has 4 aliphatic rings. The predicted octanol–water partition coefficient (Wildman–Crippen LogP) is 6.53. The van der Waals surface area contributed by atoms with E-state index in [0.29, 0.717) is 37.2 Å². The molecule has 3 aliphatic carbocycles. The van der Waals surface area contributed by atoms with Gasteiger partial charge in [-0.1, -0.05) is 19.8 Å². The molecule has 0 aromatic carbocycles. The summed E-state index contributed by atoms with van der Waals surface area (Å²) in [5, 5.41) is 0. The minimum atomic E-state index is -0.355. The van der Waals surface area contributed by atoms with Gasteiger partial charge >= 0.3 is 5.97 Å². The molecule has 3 saturated carbocycles. The van der Waals surface area contributed by atoms with Gasteiger partial charge in [0.05, 0.1) is 32.1 Å². The number of hydrogen-bond donors (Lipinski definition) is 0. The lowest BCUT2D eigenvalue weighted by Gasteiger charge is -2.41. The van der Waals surface area contributed by atoms with Gasteiger partial charge in [0.25, 0.3) is 0 Å². The van der Waals surface area contributed by atoms with Crippen molar-refractivity contribution in [3.63, 3.8) is 0 Å². The lowest BCUT2D eigenvalue weighted by atomic mass is 9.82. The number of rotatable bonds is 7. The Kier molecular flexibility index (Phi) is 8.61. The predicted molar refractivity (Wildman–Crippen MR) is 143 cm³/mol. The van der Waals surface area contributed by atoms with Gasteiger partial charge in [0.2, 0.25) is 0 Å². The molecule has 0 unspecified atom stereocenters. The van der Waals surface area contributed by atoms with Crippen LogP contribution in [0.3, 0.4) is 0 Å². The van der Waals surface area contributed by atoms with Crippen molar-refractivity contribution in [3.05, 3.63) is 15.8 Å². The number of carbonyl (C=O) groups excluding carboxylic acids is 1. The SMILES string of the molecule is COC(=O)c1sc(C2CCC3(CC2)OCCO3)cc1N(CC1CCC(C)CC1)C1CCC(OC)CC1. The van der Waals surface area contributed by atoms with E-state index in [0.717, 1.165) is 74.4 Å².